The molecule has 1 aromatic carbocycles. The molecule has 0 saturated carbocycles. The van der Waals surface area contributed by atoms with E-state index in [0.29, 0.717) is 12.6 Å². The summed E-state index contributed by atoms with van der Waals surface area (Å²) < 4.78 is 2.03. The Morgan fingerprint density at radius 1 is 1.38 bits per heavy atom. The largest absolute Gasteiger partial charge is 0.395 e. The van der Waals surface area contributed by atoms with Crippen molar-refractivity contribution >= 4 is 0 Å². The maximum absolute atomic E-state index is 8.93. The summed E-state index contributed by atoms with van der Waals surface area (Å²) in [5, 5.41) is 12.5. The molecule has 114 valence electrons. The summed E-state index contributed by atoms with van der Waals surface area (Å²) in [7, 11) is 2.02. The minimum Gasteiger partial charge on any atom is -0.395 e. The maximum Gasteiger partial charge on any atom is 0.0991 e. The highest BCUT2D eigenvalue weighted by atomic mass is 16.3. The van der Waals surface area contributed by atoms with Crippen molar-refractivity contribution in [3.8, 4) is 5.69 Å². The average Bonchev–Trinajstić information content (AvgIpc) is 2.99. The molecule has 0 saturated heterocycles. The third kappa shape index (κ3) is 4.67. The number of nitrogens with zero attached hydrogens (tertiary/aromatic N) is 3. The fraction of sp³-hybridized carbons (Fsp3) is 0.438. The van der Waals surface area contributed by atoms with Crippen molar-refractivity contribution in [3.05, 3.63) is 48.5 Å². The Morgan fingerprint density at radius 2 is 2.19 bits per heavy atom. The summed E-state index contributed by atoms with van der Waals surface area (Å²) >= 11 is 0. The molecule has 0 spiro atoms. The fourth-order valence-electron chi connectivity index (χ4n) is 2.39. The standard InChI is InChI=1S/C16H24N4O/c1-14(12-19(2)9-10-21)18-11-15-5-3-4-6-16(15)20-8-7-17-13-20/h3-8,13-14,18,21H,9-12H2,1-2H3/t14-/m0/s1. The van der Waals surface area contributed by atoms with Crippen molar-refractivity contribution in [2.24, 2.45) is 0 Å². The molecule has 0 aliphatic heterocycles. The summed E-state index contributed by atoms with van der Waals surface area (Å²) in [5.74, 6) is 0. The first kappa shape index (κ1) is 15.7. The second-order valence-corrected chi connectivity index (χ2v) is 5.37. The molecule has 0 unspecified atom stereocenters. The molecular weight excluding hydrogens is 264 g/mol. The molecule has 1 aromatic heterocycles. The Balaban J connectivity index is 1.94. The van der Waals surface area contributed by atoms with Crippen LogP contribution in [0.1, 0.15) is 12.5 Å². The molecule has 5 heteroatoms. The SMILES string of the molecule is C[C@@H](CN(C)CCO)NCc1ccccc1-n1ccnc1. The minimum atomic E-state index is 0.201. The molecule has 5 nitrogen and oxygen atoms in total. The smallest absolute Gasteiger partial charge is 0.0991 e. The maximum atomic E-state index is 8.93. The van der Waals surface area contributed by atoms with E-state index in [4.69, 9.17) is 5.11 Å². The van der Waals surface area contributed by atoms with E-state index in [1.54, 1.807) is 6.20 Å². The molecular formula is C16H24N4O. The lowest BCUT2D eigenvalue weighted by Crippen LogP contribution is -2.38. The van der Waals surface area contributed by atoms with Crippen LogP contribution >= 0.6 is 0 Å². The summed E-state index contributed by atoms with van der Waals surface area (Å²) in [4.78, 5) is 6.23. The fourth-order valence-corrected chi connectivity index (χ4v) is 2.39. The normalized spacial score (nSPS) is 12.8. The van der Waals surface area contributed by atoms with Crippen LogP contribution in [-0.2, 0) is 6.54 Å². The number of likely N-dealkylation sites (N-methyl/N-ethyl adjacent to an activating group) is 1. The van der Waals surface area contributed by atoms with Crippen LogP contribution in [0.15, 0.2) is 43.0 Å². The van der Waals surface area contributed by atoms with E-state index in [-0.39, 0.29) is 6.61 Å². The molecule has 0 fully saturated rings. The quantitative estimate of drug-likeness (QED) is 0.768. The Morgan fingerprint density at radius 3 is 2.90 bits per heavy atom. The number of benzene rings is 1. The lowest BCUT2D eigenvalue weighted by Gasteiger charge is -2.22. The first-order valence-corrected chi connectivity index (χ1v) is 7.29. The minimum absolute atomic E-state index is 0.201. The highest BCUT2D eigenvalue weighted by molar-refractivity contribution is 5.40. The Labute approximate surface area is 126 Å². The molecule has 2 aromatic rings. The number of imidazole rings is 1. The van der Waals surface area contributed by atoms with Crippen LogP contribution in [0.5, 0.6) is 0 Å². The van der Waals surface area contributed by atoms with Crippen LogP contribution in [0.3, 0.4) is 0 Å². The summed E-state index contributed by atoms with van der Waals surface area (Å²) in [6.45, 7) is 4.79. The highest BCUT2D eigenvalue weighted by Crippen LogP contribution is 2.14. The lowest BCUT2D eigenvalue weighted by molar-refractivity contribution is 0.210. The van der Waals surface area contributed by atoms with Gasteiger partial charge in [-0.25, -0.2) is 4.98 Å². The van der Waals surface area contributed by atoms with Crippen LogP contribution in [0.2, 0.25) is 0 Å². The number of aromatic nitrogens is 2. The van der Waals surface area contributed by atoms with Gasteiger partial charge in [-0.2, -0.15) is 0 Å². The van der Waals surface area contributed by atoms with Crippen LogP contribution < -0.4 is 5.32 Å². The lowest BCUT2D eigenvalue weighted by atomic mass is 10.1. The number of aliphatic hydroxyl groups is 1. The number of nitrogens with one attached hydrogen (secondary N) is 1. The van der Waals surface area contributed by atoms with Gasteiger partial charge in [-0.15, -0.1) is 0 Å². The number of aliphatic hydroxyl groups excluding tert-OH is 1. The van der Waals surface area contributed by atoms with Crippen molar-refractivity contribution in [3.63, 3.8) is 0 Å². The van der Waals surface area contributed by atoms with Gasteiger partial charge < -0.3 is 19.9 Å². The molecule has 0 amide bonds. The van der Waals surface area contributed by atoms with Crippen molar-refractivity contribution < 1.29 is 5.11 Å². The van der Waals surface area contributed by atoms with Crippen LogP contribution in [0.25, 0.3) is 5.69 Å². The molecule has 1 heterocycles. The predicted octanol–water partition coefficient (Wildman–Crippen LogP) is 1.27. The third-order valence-corrected chi connectivity index (χ3v) is 3.48. The molecule has 21 heavy (non-hydrogen) atoms. The van der Waals surface area contributed by atoms with Crippen molar-refractivity contribution in [1.29, 1.82) is 0 Å². The van der Waals surface area contributed by atoms with Crippen molar-refractivity contribution in [2.45, 2.75) is 19.5 Å². The van der Waals surface area contributed by atoms with Gasteiger partial charge >= 0.3 is 0 Å². The zero-order valence-electron chi connectivity index (χ0n) is 12.7. The Hall–Kier alpha value is -1.69. The summed E-state index contributed by atoms with van der Waals surface area (Å²) in [6.07, 6.45) is 5.56. The van der Waals surface area contributed by atoms with E-state index >= 15 is 0 Å². The van der Waals surface area contributed by atoms with Gasteiger partial charge in [0.2, 0.25) is 0 Å². The molecule has 2 N–H and O–H groups in total. The molecule has 0 aliphatic rings. The number of rotatable bonds is 8. The van der Waals surface area contributed by atoms with Gasteiger partial charge in [0.1, 0.15) is 0 Å². The second kappa shape index (κ2) is 7.93. The van der Waals surface area contributed by atoms with Gasteiger partial charge in [0.15, 0.2) is 0 Å². The van der Waals surface area contributed by atoms with Crippen LogP contribution in [0, 0.1) is 0 Å². The monoisotopic (exact) mass is 288 g/mol. The average molecular weight is 288 g/mol. The molecule has 0 radical (unpaired) electrons. The molecule has 0 aliphatic carbocycles. The van der Waals surface area contributed by atoms with E-state index in [9.17, 15) is 0 Å². The molecule has 1 atom stereocenters. The Kier molecular flexibility index (Phi) is 5.92. The van der Waals surface area contributed by atoms with Gasteiger partial charge in [-0.1, -0.05) is 18.2 Å². The third-order valence-electron chi connectivity index (χ3n) is 3.48. The van der Waals surface area contributed by atoms with Gasteiger partial charge in [0.25, 0.3) is 0 Å². The zero-order chi connectivity index (χ0) is 15.1. The Bertz CT molecular complexity index is 527. The van der Waals surface area contributed by atoms with Crippen LogP contribution in [0.4, 0.5) is 0 Å². The van der Waals surface area contributed by atoms with Gasteiger partial charge in [0, 0.05) is 38.1 Å². The van der Waals surface area contributed by atoms with E-state index in [2.05, 4.69) is 40.3 Å². The van der Waals surface area contributed by atoms with Crippen LogP contribution in [-0.4, -0.2) is 52.3 Å². The van der Waals surface area contributed by atoms with E-state index in [0.717, 1.165) is 18.8 Å². The first-order valence-electron chi connectivity index (χ1n) is 7.29. The van der Waals surface area contributed by atoms with E-state index in [1.165, 1.54) is 5.56 Å². The summed E-state index contributed by atoms with van der Waals surface area (Å²) in [5.41, 5.74) is 2.39. The number of hydrogen-bond donors (Lipinski definition) is 2. The van der Waals surface area contributed by atoms with E-state index < -0.39 is 0 Å². The van der Waals surface area contributed by atoms with E-state index in [1.807, 2.05) is 30.2 Å². The summed E-state index contributed by atoms with van der Waals surface area (Å²) in [6, 6.07) is 8.68. The zero-order valence-corrected chi connectivity index (χ0v) is 12.7. The molecule has 0 bridgehead atoms. The topological polar surface area (TPSA) is 53.3 Å². The second-order valence-electron chi connectivity index (χ2n) is 5.37. The van der Waals surface area contributed by atoms with Gasteiger partial charge in [0.05, 0.1) is 18.6 Å². The van der Waals surface area contributed by atoms with Crippen molar-refractivity contribution in [1.82, 2.24) is 19.8 Å². The van der Waals surface area contributed by atoms with Crippen molar-refractivity contribution in [2.75, 3.05) is 26.7 Å². The van der Waals surface area contributed by atoms with Gasteiger partial charge in [-0.05, 0) is 25.6 Å². The first-order chi connectivity index (χ1) is 10.2. The number of hydrogen-bond acceptors (Lipinski definition) is 4. The van der Waals surface area contributed by atoms with Gasteiger partial charge in [-0.3, -0.25) is 0 Å². The highest BCUT2D eigenvalue weighted by Gasteiger charge is 2.08. The predicted molar refractivity (Wildman–Crippen MR) is 84.4 cm³/mol. The molecule has 2 rings (SSSR count). The number of para-hydroxylation sites is 1.